The molecule has 118 valence electrons. The standard InChI is InChI=1S/C16H22N4O2/c1-4-9-22-16-14(17)15(18-10-19-16)20-11(2)12-5-7-13(21-3)8-6-12/h5-8,10-11H,4,9,17H2,1-3H3,(H,18,19,20). The Morgan fingerprint density at radius 1 is 1.23 bits per heavy atom. The van der Waals surface area contributed by atoms with E-state index in [1.54, 1.807) is 7.11 Å². The van der Waals surface area contributed by atoms with E-state index >= 15 is 0 Å². The van der Waals surface area contributed by atoms with Gasteiger partial charge in [-0.05, 0) is 31.0 Å². The Balaban J connectivity index is 2.11. The van der Waals surface area contributed by atoms with Crippen molar-refractivity contribution in [3.63, 3.8) is 0 Å². The Bertz CT molecular complexity index is 602. The zero-order chi connectivity index (χ0) is 15.9. The van der Waals surface area contributed by atoms with Gasteiger partial charge in [-0.15, -0.1) is 0 Å². The number of rotatable bonds is 7. The fourth-order valence-electron chi connectivity index (χ4n) is 1.99. The van der Waals surface area contributed by atoms with Gasteiger partial charge >= 0.3 is 0 Å². The van der Waals surface area contributed by atoms with Crippen LogP contribution in [0.5, 0.6) is 11.6 Å². The highest BCUT2D eigenvalue weighted by Crippen LogP contribution is 2.28. The molecule has 6 heteroatoms. The third kappa shape index (κ3) is 3.78. The predicted octanol–water partition coefficient (Wildman–Crippen LogP) is 3.03. The molecule has 0 saturated carbocycles. The van der Waals surface area contributed by atoms with E-state index in [9.17, 15) is 0 Å². The summed E-state index contributed by atoms with van der Waals surface area (Å²) < 4.78 is 10.7. The molecule has 0 spiro atoms. The monoisotopic (exact) mass is 302 g/mol. The van der Waals surface area contributed by atoms with Crippen LogP contribution in [-0.2, 0) is 0 Å². The van der Waals surface area contributed by atoms with Gasteiger partial charge in [-0.3, -0.25) is 0 Å². The van der Waals surface area contributed by atoms with E-state index in [1.807, 2.05) is 38.1 Å². The molecule has 0 fully saturated rings. The molecule has 3 N–H and O–H groups in total. The Hall–Kier alpha value is -2.50. The number of aromatic nitrogens is 2. The summed E-state index contributed by atoms with van der Waals surface area (Å²) in [6, 6.07) is 7.89. The number of benzene rings is 1. The van der Waals surface area contributed by atoms with Gasteiger partial charge in [-0.25, -0.2) is 4.98 Å². The predicted molar refractivity (Wildman–Crippen MR) is 87.3 cm³/mol. The van der Waals surface area contributed by atoms with E-state index in [4.69, 9.17) is 15.2 Å². The van der Waals surface area contributed by atoms with E-state index in [1.165, 1.54) is 6.33 Å². The first-order valence-electron chi connectivity index (χ1n) is 7.29. The van der Waals surface area contributed by atoms with E-state index in [0.717, 1.165) is 17.7 Å². The molecule has 0 saturated heterocycles. The topological polar surface area (TPSA) is 82.3 Å². The summed E-state index contributed by atoms with van der Waals surface area (Å²) in [5.74, 6) is 1.82. The molecule has 0 amide bonds. The first-order chi connectivity index (χ1) is 10.7. The van der Waals surface area contributed by atoms with Gasteiger partial charge in [0.2, 0.25) is 5.88 Å². The lowest BCUT2D eigenvalue weighted by Crippen LogP contribution is -2.11. The Labute approximate surface area is 130 Å². The van der Waals surface area contributed by atoms with Crippen LogP contribution in [0.25, 0.3) is 0 Å². The van der Waals surface area contributed by atoms with Crippen molar-refractivity contribution < 1.29 is 9.47 Å². The second kappa shape index (κ2) is 7.49. The quantitative estimate of drug-likeness (QED) is 0.818. The second-order valence-electron chi connectivity index (χ2n) is 4.93. The normalized spacial score (nSPS) is 11.8. The molecule has 6 nitrogen and oxygen atoms in total. The molecule has 1 heterocycles. The third-order valence-corrected chi connectivity index (χ3v) is 3.26. The highest BCUT2D eigenvalue weighted by atomic mass is 16.5. The number of hydrogen-bond donors (Lipinski definition) is 2. The molecule has 0 radical (unpaired) electrons. The molecule has 22 heavy (non-hydrogen) atoms. The zero-order valence-corrected chi connectivity index (χ0v) is 13.2. The number of nitrogens with zero attached hydrogens (tertiary/aromatic N) is 2. The van der Waals surface area contributed by atoms with Gasteiger partial charge in [0.15, 0.2) is 5.82 Å². The fourth-order valence-corrected chi connectivity index (χ4v) is 1.99. The highest BCUT2D eigenvalue weighted by molar-refractivity contribution is 5.66. The lowest BCUT2D eigenvalue weighted by molar-refractivity contribution is 0.306. The summed E-state index contributed by atoms with van der Waals surface area (Å²) in [5, 5.41) is 3.28. The van der Waals surface area contributed by atoms with Gasteiger partial charge in [-0.2, -0.15) is 4.98 Å². The number of methoxy groups -OCH3 is 1. The lowest BCUT2D eigenvalue weighted by atomic mass is 10.1. The summed E-state index contributed by atoms with van der Waals surface area (Å²) in [6.45, 7) is 4.65. The SMILES string of the molecule is CCCOc1ncnc(NC(C)c2ccc(OC)cc2)c1N. The average Bonchev–Trinajstić information content (AvgIpc) is 2.55. The van der Waals surface area contributed by atoms with Crippen molar-refractivity contribution in [2.24, 2.45) is 0 Å². The van der Waals surface area contributed by atoms with Crippen LogP contribution in [0.15, 0.2) is 30.6 Å². The van der Waals surface area contributed by atoms with E-state index < -0.39 is 0 Å². The molecule has 1 aromatic heterocycles. The van der Waals surface area contributed by atoms with Crippen LogP contribution in [0.1, 0.15) is 31.9 Å². The number of hydrogen-bond acceptors (Lipinski definition) is 6. The average molecular weight is 302 g/mol. The number of anilines is 2. The lowest BCUT2D eigenvalue weighted by Gasteiger charge is -2.17. The van der Waals surface area contributed by atoms with Crippen LogP contribution in [-0.4, -0.2) is 23.7 Å². The van der Waals surface area contributed by atoms with Crippen molar-refractivity contribution in [3.05, 3.63) is 36.2 Å². The molecule has 1 atom stereocenters. The first kappa shape index (κ1) is 15.9. The van der Waals surface area contributed by atoms with Gasteiger partial charge in [0.1, 0.15) is 17.8 Å². The summed E-state index contributed by atoms with van der Waals surface area (Å²) in [7, 11) is 1.65. The maximum atomic E-state index is 6.06. The van der Waals surface area contributed by atoms with E-state index in [0.29, 0.717) is 24.0 Å². The minimum atomic E-state index is 0.0436. The third-order valence-electron chi connectivity index (χ3n) is 3.26. The van der Waals surface area contributed by atoms with Crippen LogP contribution >= 0.6 is 0 Å². The summed E-state index contributed by atoms with van der Waals surface area (Å²) in [6.07, 6.45) is 2.35. The maximum Gasteiger partial charge on any atom is 0.242 e. The van der Waals surface area contributed by atoms with Crippen LogP contribution in [0, 0.1) is 0 Å². The number of ether oxygens (including phenoxy) is 2. The Morgan fingerprint density at radius 3 is 2.59 bits per heavy atom. The number of nitrogen functional groups attached to an aromatic ring is 1. The second-order valence-corrected chi connectivity index (χ2v) is 4.93. The maximum absolute atomic E-state index is 6.06. The molecule has 0 aliphatic carbocycles. The molecule has 0 bridgehead atoms. The van der Waals surface area contributed by atoms with Gasteiger partial charge in [0, 0.05) is 0 Å². The van der Waals surface area contributed by atoms with Crippen LogP contribution in [0.4, 0.5) is 11.5 Å². The number of nitrogens with two attached hydrogens (primary N) is 1. The van der Waals surface area contributed by atoms with Crippen molar-refractivity contribution in [1.82, 2.24) is 9.97 Å². The first-order valence-corrected chi connectivity index (χ1v) is 7.29. The molecule has 2 rings (SSSR count). The Kier molecular flexibility index (Phi) is 5.41. The molecule has 2 aromatic rings. The summed E-state index contributed by atoms with van der Waals surface area (Å²) in [4.78, 5) is 8.26. The molecular formula is C16H22N4O2. The number of nitrogens with one attached hydrogen (secondary N) is 1. The van der Waals surface area contributed by atoms with Crippen molar-refractivity contribution >= 4 is 11.5 Å². The van der Waals surface area contributed by atoms with Crippen molar-refractivity contribution in [2.75, 3.05) is 24.8 Å². The fraction of sp³-hybridized carbons (Fsp3) is 0.375. The van der Waals surface area contributed by atoms with Crippen LogP contribution < -0.4 is 20.5 Å². The van der Waals surface area contributed by atoms with Gasteiger partial charge in [-0.1, -0.05) is 19.1 Å². The molecule has 0 aliphatic heterocycles. The minimum Gasteiger partial charge on any atom is -0.497 e. The van der Waals surface area contributed by atoms with Crippen molar-refractivity contribution in [3.8, 4) is 11.6 Å². The van der Waals surface area contributed by atoms with Gasteiger partial charge < -0.3 is 20.5 Å². The smallest absolute Gasteiger partial charge is 0.242 e. The summed E-state index contributed by atoms with van der Waals surface area (Å²) in [5.41, 5.74) is 7.60. The molecular weight excluding hydrogens is 280 g/mol. The molecule has 1 aromatic carbocycles. The molecule has 0 aliphatic rings. The largest absolute Gasteiger partial charge is 0.497 e. The van der Waals surface area contributed by atoms with Crippen LogP contribution in [0.2, 0.25) is 0 Å². The minimum absolute atomic E-state index is 0.0436. The van der Waals surface area contributed by atoms with Gasteiger partial charge in [0.05, 0.1) is 19.8 Å². The molecule has 1 unspecified atom stereocenters. The van der Waals surface area contributed by atoms with E-state index in [2.05, 4.69) is 15.3 Å². The van der Waals surface area contributed by atoms with Crippen molar-refractivity contribution in [1.29, 1.82) is 0 Å². The van der Waals surface area contributed by atoms with Crippen LogP contribution in [0.3, 0.4) is 0 Å². The van der Waals surface area contributed by atoms with Gasteiger partial charge in [0.25, 0.3) is 0 Å². The Morgan fingerprint density at radius 2 is 1.95 bits per heavy atom. The zero-order valence-electron chi connectivity index (χ0n) is 13.2. The highest BCUT2D eigenvalue weighted by Gasteiger charge is 2.12. The summed E-state index contributed by atoms with van der Waals surface area (Å²) >= 11 is 0. The van der Waals surface area contributed by atoms with E-state index in [-0.39, 0.29) is 6.04 Å². The van der Waals surface area contributed by atoms with Crippen molar-refractivity contribution in [2.45, 2.75) is 26.3 Å².